The van der Waals surface area contributed by atoms with Gasteiger partial charge in [-0.15, -0.1) is 0 Å². The van der Waals surface area contributed by atoms with Crippen LogP contribution in [0.25, 0.3) is 0 Å². The van der Waals surface area contributed by atoms with E-state index in [2.05, 4.69) is 27.1 Å². The van der Waals surface area contributed by atoms with Crippen molar-refractivity contribution in [2.45, 2.75) is 50.1 Å². The standard InChI is InChI=1S/C24H34F3N5O2/c1-29-11-13-31(14-12-29)21(33)8-7-19-15-28-23(34)22-20(30(19)2)9-10-32(22)16-17-3-5-18(6-4-17)24(25,26)27/h3-6,19-20,22H,7-16H2,1-2H3,(H,28,34). The summed E-state index contributed by atoms with van der Waals surface area (Å²) in [5, 5.41) is 3.05. The van der Waals surface area contributed by atoms with Gasteiger partial charge in [-0.3, -0.25) is 19.4 Å². The highest BCUT2D eigenvalue weighted by atomic mass is 19.4. The quantitative estimate of drug-likeness (QED) is 0.693. The smallest absolute Gasteiger partial charge is 0.353 e. The van der Waals surface area contributed by atoms with Gasteiger partial charge in [0.25, 0.3) is 0 Å². The molecule has 3 atom stereocenters. The second-order valence-electron chi connectivity index (χ2n) is 9.75. The Balaban J connectivity index is 1.36. The third kappa shape index (κ3) is 5.55. The molecular weight excluding hydrogens is 447 g/mol. The lowest BCUT2D eigenvalue weighted by molar-refractivity contribution is -0.137. The number of fused-ring (bicyclic) bond motifs is 1. The molecule has 188 valence electrons. The van der Waals surface area contributed by atoms with Gasteiger partial charge in [-0.2, -0.15) is 13.2 Å². The molecule has 1 N–H and O–H groups in total. The van der Waals surface area contributed by atoms with Gasteiger partial charge in [0.2, 0.25) is 11.8 Å². The zero-order valence-electron chi connectivity index (χ0n) is 19.9. The number of carbonyl (C=O) groups excluding carboxylic acids is 2. The third-order valence-electron chi connectivity index (χ3n) is 7.56. The van der Waals surface area contributed by atoms with Crippen LogP contribution < -0.4 is 5.32 Å². The van der Waals surface area contributed by atoms with E-state index in [1.807, 2.05) is 11.9 Å². The normalized spacial score (nSPS) is 27.4. The zero-order chi connectivity index (χ0) is 24.5. The second-order valence-corrected chi connectivity index (χ2v) is 9.75. The maximum atomic E-state index is 13.0. The Morgan fingerprint density at radius 3 is 2.38 bits per heavy atom. The number of benzene rings is 1. The predicted octanol–water partition coefficient (Wildman–Crippen LogP) is 1.63. The van der Waals surface area contributed by atoms with Crippen LogP contribution >= 0.6 is 0 Å². The van der Waals surface area contributed by atoms with E-state index >= 15 is 0 Å². The molecule has 0 bridgehead atoms. The first-order valence-corrected chi connectivity index (χ1v) is 12.0. The van der Waals surface area contributed by atoms with Gasteiger partial charge < -0.3 is 15.1 Å². The van der Waals surface area contributed by atoms with Crippen LogP contribution in [0.3, 0.4) is 0 Å². The van der Waals surface area contributed by atoms with Crippen LogP contribution in [-0.4, -0.2) is 103 Å². The number of hydrogen-bond acceptors (Lipinski definition) is 5. The summed E-state index contributed by atoms with van der Waals surface area (Å²) in [5.74, 6) is 0.123. The number of likely N-dealkylation sites (N-methyl/N-ethyl adjacent to an activating group) is 2. The van der Waals surface area contributed by atoms with Crippen molar-refractivity contribution >= 4 is 11.8 Å². The molecule has 3 unspecified atom stereocenters. The Hall–Kier alpha value is -2.17. The summed E-state index contributed by atoms with van der Waals surface area (Å²) in [7, 11) is 4.08. The highest BCUT2D eigenvalue weighted by molar-refractivity contribution is 5.83. The van der Waals surface area contributed by atoms with Crippen LogP contribution in [0, 0.1) is 0 Å². The van der Waals surface area contributed by atoms with Crippen molar-refractivity contribution < 1.29 is 22.8 Å². The maximum Gasteiger partial charge on any atom is 0.416 e. The minimum absolute atomic E-state index is 0.0145. The molecule has 10 heteroatoms. The number of alkyl halides is 3. The van der Waals surface area contributed by atoms with Crippen LogP contribution in [0.15, 0.2) is 24.3 Å². The van der Waals surface area contributed by atoms with Crippen LogP contribution in [0.2, 0.25) is 0 Å². The highest BCUT2D eigenvalue weighted by Gasteiger charge is 2.45. The highest BCUT2D eigenvalue weighted by Crippen LogP contribution is 2.31. The van der Waals surface area contributed by atoms with E-state index in [1.165, 1.54) is 12.1 Å². The Morgan fingerprint density at radius 2 is 1.74 bits per heavy atom. The van der Waals surface area contributed by atoms with E-state index in [1.54, 1.807) is 0 Å². The minimum atomic E-state index is -4.36. The molecule has 3 heterocycles. The number of nitrogens with zero attached hydrogens (tertiary/aromatic N) is 4. The lowest BCUT2D eigenvalue weighted by Gasteiger charge is -2.35. The fourth-order valence-electron chi connectivity index (χ4n) is 5.36. The van der Waals surface area contributed by atoms with Crippen LogP contribution in [0.4, 0.5) is 13.2 Å². The van der Waals surface area contributed by atoms with Gasteiger partial charge in [0.15, 0.2) is 0 Å². The molecule has 1 aromatic carbocycles. The molecule has 3 aliphatic heterocycles. The first-order chi connectivity index (χ1) is 16.1. The van der Waals surface area contributed by atoms with Crippen molar-refractivity contribution in [3.05, 3.63) is 35.4 Å². The van der Waals surface area contributed by atoms with E-state index in [0.717, 1.165) is 50.3 Å². The Morgan fingerprint density at radius 1 is 1.06 bits per heavy atom. The topological polar surface area (TPSA) is 59.1 Å². The third-order valence-corrected chi connectivity index (χ3v) is 7.56. The molecule has 2 amide bonds. The summed E-state index contributed by atoms with van der Waals surface area (Å²) in [6, 6.07) is 4.89. The average Bonchev–Trinajstić information content (AvgIpc) is 3.17. The first-order valence-electron chi connectivity index (χ1n) is 12.0. The van der Waals surface area contributed by atoms with Crippen molar-refractivity contribution in [1.29, 1.82) is 0 Å². The molecule has 0 radical (unpaired) electrons. The number of amides is 2. The molecule has 7 nitrogen and oxygen atoms in total. The number of piperazine rings is 1. The molecular formula is C24H34F3N5O2. The van der Waals surface area contributed by atoms with Crippen LogP contribution in [0.5, 0.6) is 0 Å². The summed E-state index contributed by atoms with van der Waals surface area (Å²) in [6.45, 7) is 4.92. The molecule has 0 aromatic heterocycles. The maximum absolute atomic E-state index is 13.0. The van der Waals surface area contributed by atoms with Crippen molar-refractivity contribution in [1.82, 2.24) is 24.9 Å². The van der Waals surface area contributed by atoms with Crippen molar-refractivity contribution in [3.63, 3.8) is 0 Å². The molecule has 4 rings (SSSR count). The number of rotatable bonds is 5. The fraction of sp³-hybridized carbons (Fsp3) is 0.667. The molecule has 34 heavy (non-hydrogen) atoms. The predicted molar refractivity (Wildman–Crippen MR) is 122 cm³/mol. The average molecular weight is 482 g/mol. The SMILES string of the molecule is CN1CCN(C(=O)CCC2CNC(=O)C3C(CCN3Cc3ccc(C(F)(F)F)cc3)N2C)CC1. The van der Waals surface area contributed by atoms with Crippen LogP contribution in [-0.2, 0) is 22.3 Å². The van der Waals surface area contributed by atoms with Gasteiger partial charge in [-0.05, 0) is 44.6 Å². The van der Waals surface area contributed by atoms with E-state index in [0.29, 0.717) is 32.5 Å². The van der Waals surface area contributed by atoms with Crippen molar-refractivity contribution in [2.24, 2.45) is 0 Å². The van der Waals surface area contributed by atoms with Gasteiger partial charge in [0, 0.05) is 64.3 Å². The number of likely N-dealkylation sites (tertiary alicyclic amines) is 1. The van der Waals surface area contributed by atoms with Gasteiger partial charge in [-0.1, -0.05) is 12.1 Å². The second kappa shape index (κ2) is 10.2. The number of halogens is 3. The monoisotopic (exact) mass is 481 g/mol. The lowest BCUT2D eigenvalue weighted by atomic mass is 10.0. The van der Waals surface area contributed by atoms with E-state index < -0.39 is 11.7 Å². The lowest BCUT2D eigenvalue weighted by Crippen LogP contribution is -2.50. The summed E-state index contributed by atoms with van der Waals surface area (Å²) in [4.78, 5) is 34.1. The summed E-state index contributed by atoms with van der Waals surface area (Å²) < 4.78 is 38.6. The molecule has 0 spiro atoms. The Kier molecular flexibility index (Phi) is 7.49. The Labute approximate surface area is 198 Å². The van der Waals surface area contributed by atoms with Crippen molar-refractivity contribution in [3.8, 4) is 0 Å². The summed E-state index contributed by atoms with van der Waals surface area (Å²) in [5.41, 5.74) is 0.0825. The van der Waals surface area contributed by atoms with Gasteiger partial charge in [-0.25, -0.2) is 0 Å². The number of carbonyl (C=O) groups is 2. The van der Waals surface area contributed by atoms with Crippen LogP contribution in [0.1, 0.15) is 30.4 Å². The van der Waals surface area contributed by atoms with Gasteiger partial charge in [0.1, 0.15) is 6.04 Å². The number of nitrogens with one attached hydrogen (secondary N) is 1. The first kappa shape index (κ1) is 24.9. The summed E-state index contributed by atoms with van der Waals surface area (Å²) >= 11 is 0. The molecule has 3 fully saturated rings. The molecule has 3 aliphatic rings. The van der Waals surface area contributed by atoms with E-state index in [-0.39, 0.29) is 29.9 Å². The van der Waals surface area contributed by atoms with E-state index in [9.17, 15) is 22.8 Å². The number of hydrogen-bond donors (Lipinski definition) is 1. The molecule has 1 aromatic rings. The molecule has 0 saturated carbocycles. The van der Waals surface area contributed by atoms with Gasteiger partial charge >= 0.3 is 6.18 Å². The minimum Gasteiger partial charge on any atom is -0.353 e. The molecule has 0 aliphatic carbocycles. The fourth-order valence-corrected chi connectivity index (χ4v) is 5.36. The zero-order valence-corrected chi connectivity index (χ0v) is 19.9. The largest absolute Gasteiger partial charge is 0.416 e. The van der Waals surface area contributed by atoms with E-state index in [4.69, 9.17) is 0 Å². The summed E-state index contributed by atoms with van der Waals surface area (Å²) in [6.07, 6.45) is -2.41. The molecule has 3 saturated heterocycles. The van der Waals surface area contributed by atoms with Gasteiger partial charge in [0.05, 0.1) is 5.56 Å². The Bertz CT molecular complexity index is 870. The van der Waals surface area contributed by atoms with Crippen molar-refractivity contribution in [2.75, 3.05) is 53.4 Å².